The van der Waals surface area contributed by atoms with Gasteiger partial charge in [-0.05, 0) is 50.5 Å². The smallest absolute Gasteiger partial charge is 0.127 e. The van der Waals surface area contributed by atoms with Crippen LogP contribution in [0.1, 0.15) is 32.3 Å². The molecule has 90 valence electrons. The zero-order valence-corrected chi connectivity index (χ0v) is 10.5. The van der Waals surface area contributed by atoms with E-state index in [9.17, 15) is 9.65 Å². The van der Waals surface area contributed by atoms with Gasteiger partial charge in [-0.25, -0.2) is 4.39 Å². The molecule has 0 heterocycles. The van der Waals surface area contributed by atoms with Crippen molar-refractivity contribution in [3.8, 4) is 6.07 Å². The van der Waals surface area contributed by atoms with E-state index in [0.717, 1.165) is 18.4 Å². The molecular weight excluding hydrogens is 215 g/mol. The third-order valence-electron chi connectivity index (χ3n) is 3.87. The van der Waals surface area contributed by atoms with Gasteiger partial charge in [0.15, 0.2) is 0 Å². The Labute approximate surface area is 101 Å². The maximum atomic E-state index is 13.3. The molecule has 0 saturated heterocycles. The topological polar surface area (TPSA) is 35.8 Å². The fraction of sp³-hybridized carbons (Fsp3) is 0.500. The van der Waals surface area contributed by atoms with Crippen molar-refractivity contribution in [2.45, 2.75) is 39.2 Å². The minimum Gasteiger partial charge on any atom is -0.367 e. The first-order valence-electron chi connectivity index (χ1n) is 5.85. The summed E-state index contributed by atoms with van der Waals surface area (Å²) in [5.41, 5.74) is 0.906. The van der Waals surface area contributed by atoms with E-state index in [0.29, 0.717) is 5.69 Å². The number of halogens is 1. The SMILES string of the molecule is Cc1cc(F)cc(NC(C)(C#N)C2(C)CC2)c1. The number of benzene rings is 1. The summed E-state index contributed by atoms with van der Waals surface area (Å²) in [7, 11) is 0. The molecule has 1 aliphatic carbocycles. The fourth-order valence-electron chi connectivity index (χ4n) is 2.10. The molecule has 0 bridgehead atoms. The van der Waals surface area contributed by atoms with Crippen molar-refractivity contribution < 1.29 is 4.39 Å². The van der Waals surface area contributed by atoms with Crippen LogP contribution in [0.5, 0.6) is 0 Å². The third kappa shape index (κ3) is 2.12. The predicted molar refractivity (Wildman–Crippen MR) is 66.1 cm³/mol. The van der Waals surface area contributed by atoms with Crippen LogP contribution in [0.3, 0.4) is 0 Å². The van der Waals surface area contributed by atoms with Gasteiger partial charge in [0.2, 0.25) is 0 Å². The van der Waals surface area contributed by atoms with Gasteiger partial charge in [-0.1, -0.05) is 6.92 Å². The van der Waals surface area contributed by atoms with E-state index in [1.807, 2.05) is 19.9 Å². The molecule has 1 aliphatic rings. The summed E-state index contributed by atoms with van der Waals surface area (Å²) in [4.78, 5) is 0. The van der Waals surface area contributed by atoms with Gasteiger partial charge in [0, 0.05) is 11.1 Å². The Morgan fingerprint density at radius 3 is 2.53 bits per heavy atom. The van der Waals surface area contributed by atoms with Gasteiger partial charge < -0.3 is 5.32 Å². The zero-order valence-electron chi connectivity index (χ0n) is 10.5. The Morgan fingerprint density at radius 2 is 2.06 bits per heavy atom. The van der Waals surface area contributed by atoms with Gasteiger partial charge >= 0.3 is 0 Å². The first-order valence-corrected chi connectivity index (χ1v) is 5.85. The number of hydrogen-bond acceptors (Lipinski definition) is 2. The molecule has 0 spiro atoms. The number of hydrogen-bond donors (Lipinski definition) is 1. The van der Waals surface area contributed by atoms with Crippen LogP contribution in [0.15, 0.2) is 18.2 Å². The lowest BCUT2D eigenvalue weighted by Gasteiger charge is -2.31. The van der Waals surface area contributed by atoms with Crippen LogP contribution in [0, 0.1) is 29.5 Å². The van der Waals surface area contributed by atoms with Gasteiger partial charge in [-0.15, -0.1) is 0 Å². The minimum atomic E-state index is -0.632. The lowest BCUT2D eigenvalue weighted by Crippen LogP contribution is -2.41. The average molecular weight is 232 g/mol. The molecule has 1 N–H and O–H groups in total. The number of nitriles is 1. The highest BCUT2D eigenvalue weighted by Gasteiger charge is 2.53. The van der Waals surface area contributed by atoms with Crippen molar-refractivity contribution in [2.75, 3.05) is 5.32 Å². The van der Waals surface area contributed by atoms with Crippen LogP contribution in [-0.2, 0) is 0 Å². The molecule has 2 rings (SSSR count). The first-order chi connectivity index (χ1) is 7.88. The fourth-order valence-corrected chi connectivity index (χ4v) is 2.10. The van der Waals surface area contributed by atoms with Gasteiger partial charge in [-0.2, -0.15) is 5.26 Å². The van der Waals surface area contributed by atoms with Crippen molar-refractivity contribution in [1.82, 2.24) is 0 Å². The van der Waals surface area contributed by atoms with Crippen molar-refractivity contribution >= 4 is 5.69 Å². The van der Waals surface area contributed by atoms with Gasteiger partial charge in [0.1, 0.15) is 11.4 Å². The molecule has 2 nitrogen and oxygen atoms in total. The average Bonchev–Trinajstić information content (AvgIpc) is 2.96. The van der Waals surface area contributed by atoms with E-state index in [1.54, 1.807) is 0 Å². The summed E-state index contributed by atoms with van der Waals surface area (Å²) in [5.74, 6) is -0.270. The number of anilines is 1. The largest absolute Gasteiger partial charge is 0.367 e. The van der Waals surface area contributed by atoms with Crippen molar-refractivity contribution in [2.24, 2.45) is 5.41 Å². The second-order valence-corrected chi connectivity index (χ2v) is 5.44. The van der Waals surface area contributed by atoms with E-state index in [2.05, 4.69) is 18.3 Å². The summed E-state index contributed by atoms with van der Waals surface area (Å²) in [6.45, 7) is 5.83. The third-order valence-corrected chi connectivity index (χ3v) is 3.87. The monoisotopic (exact) mass is 232 g/mol. The summed E-state index contributed by atoms with van der Waals surface area (Å²) in [5, 5.41) is 12.5. The Hall–Kier alpha value is -1.56. The molecule has 0 aromatic heterocycles. The summed E-state index contributed by atoms with van der Waals surface area (Å²) >= 11 is 0. The molecule has 0 radical (unpaired) electrons. The molecule has 1 atom stereocenters. The van der Waals surface area contributed by atoms with Crippen LogP contribution >= 0.6 is 0 Å². The van der Waals surface area contributed by atoms with Crippen LogP contribution in [0.2, 0.25) is 0 Å². The summed E-state index contributed by atoms with van der Waals surface area (Å²) in [6, 6.07) is 7.12. The quantitative estimate of drug-likeness (QED) is 0.863. The van der Waals surface area contributed by atoms with Crippen molar-refractivity contribution in [1.29, 1.82) is 5.26 Å². The van der Waals surface area contributed by atoms with E-state index in [1.165, 1.54) is 12.1 Å². The summed E-state index contributed by atoms with van der Waals surface area (Å²) < 4.78 is 13.3. The standard InChI is InChI=1S/C14H17FN2/c1-10-6-11(15)8-12(7-10)17-14(3,9-16)13(2)4-5-13/h6-8,17H,4-5H2,1-3H3. The molecule has 1 unspecified atom stereocenters. The lowest BCUT2D eigenvalue weighted by molar-refractivity contribution is 0.405. The van der Waals surface area contributed by atoms with E-state index in [4.69, 9.17) is 0 Å². The van der Waals surface area contributed by atoms with Gasteiger partial charge in [-0.3, -0.25) is 0 Å². The summed E-state index contributed by atoms with van der Waals surface area (Å²) in [6.07, 6.45) is 2.08. The highest BCUT2D eigenvalue weighted by molar-refractivity contribution is 5.51. The van der Waals surface area contributed by atoms with Gasteiger partial charge in [0.05, 0.1) is 6.07 Å². The number of nitrogens with one attached hydrogen (secondary N) is 1. The molecular formula is C14H17FN2. The van der Waals surface area contributed by atoms with E-state index < -0.39 is 5.54 Å². The molecule has 0 amide bonds. The predicted octanol–water partition coefficient (Wildman–Crippen LogP) is 3.63. The lowest BCUT2D eigenvalue weighted by atomic mass is 9.85. The number of aryl methyl sites for hydroxylation is 1. The Kier molecular flexibility index (Phi) is 2.61. The normalized spacial score (nSPS) is 20.2. The molecule has 17 heavy (non-hydrogen) atoms. The maximum absolute atomic E-state index is 13.3. The minimum absolute atomic E-state index is 0.00196. The van der Waals surface area contributed by atoms with Gasteiger partial charge in [0.25, 0.3) is 0 Å². The number of nitrogens with zero attached hydrogens (tertiary/aromatic N) is 1. The maximum Gasteiger partial charge on any atom is 0.127 e. The van der Waals surface area contributed by atoms with Crippen molar-refractivity contribution in [3.05, 3.63) is 29.6 Å². The van der Waals surface area contributed by atoms with Crippen LogP contribution < -0.4 is 5.32 Å². The second-order valence-electron chi connectivity index (χ2n) is 5.44. The molecule has 1 saturated carbocycles. The van der Waals surface area contributed by atoms with Crippen molar-refractivity contribution in [3.63, 3.8) is 0 Å². The molecule has 1 aromatic carbocycles. The van der Waals surface area contributed by atoms with E-state index >= 15 is 0 Å². The molecule has 0 aliphatic heterocycles. The molecule has 3 heteroatoms. The first kappa shape index (κ1) is 11.9. The van der Waals surface area contributed by atoms with Crippen LogP contribution in [0.4, 0.5) is 10.1 Å². The highest BCUT2D eigenvalue weighted by atomic mass is 19.1. The number of rotatable bonds is 3. The highest BCUT2D eigenvalue weighted by Crippen LogP contribution is 2.54. The van der Waals surface area contributed by atoms with E-state index in [-0.39, 0.29) is 11.2 Å². The molecule has 1 aromatic rings. The Bertz CT molecular complexity index is 465. The second kappa shape index (κ2) is 3.73. The van der Waals surface area contributed by atoms with Crippen LogP contribution in [0.25, 0.3) is 0 Å². The zero-order chi connectivity index (χ0) is 12.7. The Balaban J connectivity index is 2.28. The Morgan fingerprint density at radius 1 is 1.41 bits per heavy atom. The molecule has 1 fully saturated rings. The van der Waals surface area contributed by atoms with Crippen LogP contribution in [-0.4, -0.2) is 5.54 Å².